The first-order valence-corrected chi connectivity index (χ1v) is 6.78. The molecule has 7 nitrogen and oxygen atoms in total. The van der Waals surface area contributed by atoms with Crippen molar-refractivity contribution in [3.8, 4) is 0 Å². The summed E-state index contributed by atoms with van der Waals surface area (Å²) in [7, 11) is 1.70. The van der Waals surface area contributed by atoms with Crippen molar-refractivity contribution in [2.75, 3.05) is 20.1 Å². The van der Waals surface area contributed by atoms with Gasteiger partial charge in [0.25, 0.3) is 0 Å². The molecule has 0 aliphatic carbocycles. The van der Waals surface area contributed by atoms with Crippen molar-refractivity contribution in [1.82, 2.24) is 10.6 Å². The number of aliphatic carboxylic acids is 1. The largest absolute Gasteiger partial charge is 0.481 e. The number of hydrogen-bond acceptors (Lipinski definition) is 6. The fraction of sp³-hybridized carbons (Fsp3) is 0.769. The van der Waals surface area contributed by atoms with Gasteiger partial charge in [-0.1, -0.05) is 6.42 Å². The lowest BCUT2D eigenvalue weighted by atomic mass is 10.0. The quantitative estimate of drug-likeness (QED) is 0.350. The fourth-order valence-corrected chi connectivity index (χ4v) is 1.84. The first-order valence-electron chi connectivity index (χ1n) is 6.78. The zero-order chi connectivity index (χ0) is 15.5. The van der Waals surface area contributed by atoms with Gasteiger partial charge in [0.1, 0.15) is 5.78 Å². The Kier molecular flexibility index (Phi) is 9.79. The molecule has 0 saturated heterocycles. The second kappa shape index (κ2) is 10.5. The number of nitrogens with two attached hydrogens (primary N) is 1. The van der Waals surface area contributed by atoms with Gasteiger partial charge in [-0.25, -0.2) is 0 Å². The SMILES string of the molecule is CNC(CCCCN)C(=O)CNC(CC(=O)O)C(C)=O. The maximum Gasteiger partial charge on any atom is 0.305 e. The predicted molar refractivity (Wildman–Crippen MR) is 75.5 cm³/mol. The average Bonchev–Trinajstić information content (AvgIpc) is 2.38. The van der Waals surface area contributed by atoms with E-state index in [1.54, 1.807) is 7.05 Å². The molecule has 0 heterocycles. The van der Waals surface area contributed by atoms with Crippen molar-refractivity contribution in [2.45, 2.75) is 44.7 Å². The minimum Gasteiger partial charge on any atom is -0.481 e. The molecule has 0 fully saturated rings. The number of carboxylic acids is 1. The molecule has 2 unspecified atom stereocenters. The standard InChI is InChI=1S/C13H25N3O4/c1-9(17)11(7-13(19)20)16-8-12(18)10(15-2)5-3-4-6-14/h10-11,15-16H,3-8,14H2,1-2H3,(H,19,20). The fourth-order valence-electron chi connectivity index (χ4n) is 1.84. The summed E-state index contributed by atoms with van der Waals surface area (Å²) in [5.74, 6) is -1.44. The molecule has 0 aromatic heterocycles. The van der Waals surface area contributed by atoms with Gasteiger partial charge in [-0.2, -0.15) is 0 Å². The summed E-state index contributed by atoms with van der Waals surface area (Å²) < 4.78 is 0. The number of carboxylic acid groups (broad SMARTS) is 1. The minimum absolute atomic E-state index is 0.0222. The molecule has 0 radical (unpaired) electrons. The maximum atomic E-state index is 12.0. The Morgan fingerprint density at radius 2 is 1.85 bits per heavy atom. The van der Waals surface area contributed by atoms with Crippen LogP contribution in [0.15, 0.2) is 0 Å². The third-order valence-corrected chi connectivity index (χ3v) is 3.08. The van der Waals surface area contributed by atoms with Crippen LogP contribution in [-0.2, 0) is 14.4 Å². The molecule has 0 spiro atoms. The highest BCUT2D eigenvalue weighted by Crippen LogP contribution is 2.02. The van der Waals surface area contributed by atoms with Crippen molar-refractivity contribution in [1.29, 1.82) is 0 Å². The molecule has 0 aromatic rings. The van der Waals surface area contributed by atoms with E-state index in [0.717, 1.165) is 12.8 Å². The Morgan fingerprint density at radius 1 is 1.20 bits per heavy atom. The van der Waals surface area contributed by atoms with Crippen molar-refractivity contribution < 1.29 is 19.5 Å². The summed E-state index contributed by atoms with van der Waals surface area (Å²) >= 11 is 0. The van der Waals surface area contributed by atoms with E-state index in [-0.39, 0.29) is 30.6 Å². The smallest absolute Gasteiger partial charge is 0.305 e. The first-order chi connectivity index (χ1) is 9.42. The third kappa shape index (κ3) is 7.98. The molecule has 116 valence electrons. The number of likely N-dealkylation sites (N-methyl/N-ethyl adjacent to an activating group) is 1. The first kappa shape index (κ1) is 18.7. The molecule has 20 heavy (non-hydrogen) atoms. The van der Waals surface area contributed by atoms with Crippen LogP contribution in [0, 0.1) is 0 Å². The molecule has 2 atom stereocenters. The molecule has 0 aromatic carbocycles. The van der Waals surface area contributed by atoms with Crippen LogP contribution in [-0.4, -0.2) is 54.9 Å². The van der Waals surface area contributed by atoms with E-state index in [0.29, 0.717) is 13.0 Å². The van der Waals surface area contributed by atoms with Crippen LogP contribution < -0.4 is 16.4 Å². The molecular formula is C13H25N3O4. The number of nitrogens with one attached hydrogen (secondary N) is 2. The number of ketones is 2. The van der Waals surface area contributed by atoms with Crippen LogP contribution in [0.2, 0.25) is 0 Å². The molecule has 0 amide bonds. The van der Waals surface area contributed by atoms with Gasteiger partial charge in [0, 0.05) is 0 Å². The molecule has 0 aliphatic rings. The van der Waals surface area contributed by atoms with E-state index in [1.807, 2.05) is 0 Å². The summed E-state index contributed by atoms with van der Waals surface area (Å²) in [5, 5.41) is 14.3. The molecule has 5 N–H and O–H groups in total. The lowest BCUT2D eigenvalue weighted by molar-refractivity contribution is -0.139. The lowest BCUT2D eigenvalue weighted by Crippen LogP contribution is -2.45. The highest BCUT2D eigenvalue weighted by atomic mass is 16.4. The predicted octanol–water partition coefficient (Wildman–Crippen LogP) is -0.706. The highest BCUT2D eigenvalue weighted by molar-refractivity contribution is 5.89. The summed E-state index contributed by atoms with van der Waals surface area (Å²) in [6, 6.07) is -1.12. The summed E-state index contributed by atoms with van der Waals surface area (Å²) in [4.78, 5) is 33.9. The van der Waals surface area contributed by atoms with Crippen molar-refractivity contribution in [3.63, 3.8) is 0 Å². The summed E-state index contributed by atoms with van der Waals surface area (Å²) in [6.45, 7) is 1.88. The Hall–Kier alpha value is -1.31. The van der Waals surface area contributed by atoms with Gasteiger partial charge in [0.15, 0.2) is 5.78 Å². The number of Topliss-reactive ketones (excluding diaryl/α,β-unsaturated/α-hetero) is 2. The number of carbonyl (C=O) groups excluding carboxylic acids is 2. The Bertz CT molecular complexity index is 334. The van der Waals surface area contributed by atoms with Gasteiger partial charge in [-0.3, -0.25) is 14.4 Å². The van der Waals surface area contributed by atoms with Gasteiger partial charge in [0.05, 0.1) is 25.0 Å². The highest BCUT2D eigenvalue weighted by Gasteiger charge is 2.21. The topological polar surface area (TPSA) is 122 Å². The van der Waals surface area contributed by atoms with E-state index >= 15 is 0 Å². The number of hydrogen-bond donors (Lipinski definition) is 4. The normalized spacial score (nSPS) is 13.8. The Balaban J connectivity index is 4.26. The molecule has 0 saturated carbocycles. The van der Waals surface area contributed by atoms with Crippen LogP contribution in [0.1, 0.15) is 32.6 Å². The molecular weight excluding hydrogens is 262 g/mol. The van der Waals surface area contributed by atoms with Crippen LogP contribution in [0.4, 0.5) is 0 Å². The lowest BCUT2D eigenvalue weighted by Gasteiger charge is -2.18. The molecule has 0 rings (SSSR count). The van der Waals surface area contributed by atoms with Crippen LogP contribution >= 0.6 is 0 Å². The van der Waals surface area contributed by atoms with Gasteiger partial charge in [-0.05, 0) is 33.4 Å². The Morgan fingerprint density at radius 3 is 2.30 bits per heavy atom. The molecule has 7 heteroatoms. The van der Waals surface area contributed by atoms with Crippen molar-refractivity contribution in [2.24, 2.45) is 5.73 Å². The van der Waals surface area contributed by atoms with Gasteiger partial charge >= 0.3 is 5.97 Å². The van der Waals surface area contributed by atoms with E-state index in [1.165, 1.54) is 6.92 Å². The second-order valence-electron chi connectivity index (χ2n) is 4.73. The van der Waals surface area contributed by atoms with Gasteiger partial charge in [-0.15, -0.1) is 0 Å². The Labute approximate surface area is 119 Å². The number of rotatable bonds is 12. The number of unbranched alkanes of at least 4 members (excludes halogenated alkanes) is 1. The summed E-state index contributed by atoms with van der Waals surface area (Å²) in [6.07, 6.45) is 2.06. The third-order valence-electron chi connectivity index (χ3n) is 3.08. The zero-order valence-electron chi connectivity index (χ0n) is 12.1. The van der Waals surface area contributed by atoms with Gasteiger partial charge in [0.2, 0.25) is 0 Å². The van der Waals surface area contributed by atoms with Crippen molar-refractivity contribution in [3.05, 3.63) is 0 Å². The number of carbonyl (C=O) groups is 3. The molecule has 0 bridgehead atoms. The monoisotopic (exact) mass is 287 g/mol. The van der Waals surface area contributed by atoms with Crippen LogP contribution in [0.25, 0.3) is 0 Å². The van der Waals surface area contributed by atoms with Crippen molar-refractivity contribution >= 4 is 17.5 Å². The van der Waals surface area contributed by atoms with E-state index in [2.05, 4.69) is 10.6 Å². The minimum atomic E-state index is -1.07. The van der Waals surface area contributed by atoms with Gasteiger partial charge < -0.3 is 21.5 Å². The summed E-state index contributed by atoms with van der Waals surface area (Å²) in [5.41, 5.74) is 5.40. The van der Waals surface area contributed by atoms with E-state index in [9.17, 15) is 14.4 Å². The van der Waals surface area contributed by atoms with Crippen LogP contribution in [0.3, 0.4) is 0 Å². The van der Waals surface area contributed by atoms with E-state index in [4.69, 9.17) is 10.8 Å². The zero-order valence-corrected chi connectivity index (χ0v) is 12.1. The van der Waals surface area contributed by atoms with Crippen LogP contribution in [0.5, 0.6) is 0 Å². The average molecular weight is 287 g/mol. The maximum absolute atomic E-state index is 12.0. The van der Waals surface area contributed by atoms with E-state index < -0.39 is 12.0 Å². The molecule has 0 aliphatic heterocycles. The second-order valence-corrected chi connectivity index (χ2v) is 4.73.